The molecule has 0 heterocycles. The molecule has 0 fully saturated rings. The Bertz CT molecular complexity index is 342. The van der Waals surface area contributed by atoms with Gasteiger partial charge in [0.05, 0.1) is 6.10 Å². The van der Waals surface area contributed by atoms with Gasteiger partial charge in [0.15, 0.2) is 8.32 Å². The summed E-state index contributed by atoms with van der Waals surface area (Å²) in [5.74, 6) is 3.36. The van der Waals surface area contributed by atoms with Gasteiger partial charge in [-0.3, -0.25) is 0 Å². The molecule has 0 aromatic carbocycles. The van der Waals surface area contributed by atoms with Crippen molar-refractivity contribution in [3.05, 3.63) is 0 Å². The third-order valence-electron chi connectivity index (χ3n) is 3.73. The van der Waals surface area contributed by atoms with Gasteiger partial charge < -0.3 is 4.43 Å². The maximum atomic E-state index is 6.49. The van der Waals surface area contributed by atoms with Crippen LogP contribution in [-0.4, -0.2) is 26.9 Å². The first-order valence-electron chi connectivity index (χ1n) is 7.63. The summed E-state index contributed by atoms with van der Waals surface area (Å²) in [4.78, 5) is 0. The molecule has 1 nitrogen and oxygen atoms in total. The van der Waals surface area contributed by atoms with E-state index < -0.39 is 16.4 Å². The quantitative estimate of drug-likeness (QED) is 0.171. The van der Waals surface area contributed by atoms with Gasteiger partial charge >= 0.3 is 0 Å². The van der Waals surface area contributed by atoms with Gasteiger partial charge in [-0.25, -0.2) is 0 Å². The number of alkyl halides is 1. The average molecular weight is 425 g/mol. The van der Waals surface area contributed by atoms with Crippen LogP contribution in [0.15, 0.2) is 0 Å². The van der Waals surface area contributed by atoms with E-state index in [1.807, 2.05) is 0 Å². The normalized spacial score (nSPS) is 14.7. The first-order chi connectivity index (χ1) is 8.89. The van der Waals surface area contributed by atoms with E-state index in [1.54, 1.807) is 0 Å². The van der Waals surface area contributed by atoms with E-state index in [-0.39, 0.29) is 0 Å². The van der Waals surface area contributed by atoms with Crippen molar-refractivity contribution in [1.82, 2.24) is 0 Å². The summed E-state index contributed by atoms with van der Waals surface area (Å²) in [6.45, 7) is 18.5. The third-order valence-corrected chi connectivity index (χ3v) is 10.2. The van der Waals surface area contributed by atoms with Gasteiger partial charge in [0.25, 0.3) is 0 Å². The van der Waals surface area contributed by atoms with Crippen molar-refractivity contribution in [1.29, 1.82) is 0 Å². The van der Waals surface area contributed by atoms with Gasteiger partial charge in [-0.05, 0) is 31.0 Å². The highest BCUT2D eigenvalue weighted by atomic mass is 127. The zero-order valence-electron chi connectivity index (χ0n) is 14.7. The van der Waals surface area contributed by atoms with Crippen LogP contribution in [0, 0.1) is 11.5 Å². The van der Waals surface area contributed by atoms with Crippen LogP contribution in [0.4, 0.5) is 0 Å². The van der Waals surface area contributed by atoms with Crippen molar-refractivity contribution in [2.24, 2.45) is 0 Å². The fourth-order valence-electron chi connectivity index (χ4n) is 1.51. The smallest absolute Gasteiger partial charge is 0.192 e. The Hall–Kier alpha value is 0.684. The summed E-state index contributed by atoms with van der Waals surface area (Å²) in [6, 6.07) is 0. The monoisotopic (exact) mass is 424 g/mol. The van der Waals surface area contributed by atoms with Crippen LogP contribution < -0.4 is 0 Å². The zero-order chi connectivity index (χ0) is 16.0. The molecule has 0 spiro atoms. The predicted octanol–water partition coefficient (Wildman–Crippen LogP) is 5.86. The topological polar surface area (TPSA) is 9.23 Å². The van der Waals surface area contributed by atoms with Crippen molar-refractivity contribution in [2.75, 3.05) is 4.43 Å². The molecule has 0 bridgehead atoms. The van der Waals surface area contributed by atoms with Crippen LogP contribution in [-0.2, 0) is 4.43 Å². The minimum absolute atomic E-state index is 0.300. The zero-order valence-corrected chi connectivity index (χ0v) is 18.8. The minimum atomic E-state index is -1.62. The molecule has 0 aromatic rings. The molecule has 1 atom stereocenters. The first kappa shape index (κ1) is 20.7. The molecular formula is C16H33IOSi2. The second kappa shape index (κ2) is 8.35. The Morgan fingerprint density at radius 2 is 1.65 bits per heavy atom. The van der Waals surface area contributed by atoms with Crippen LogP contribution in [0.5, 0.6) is 0 Å². The van der Waals surface area contributed by atoms with Crippen LogP contribution >= 0.6 is 22.6 Å². The molecule has 0 amide bonds. The molecule has 0 rings (SSSR count). The Morgan fingerprint density at radius 1 is 1.10 bits per heavy atom. The number of halogens is 1. The number of unbranched alkanes of at least 4 members (excludes halogenated alkanes) is 1. The number of rotatable bonds is 6. The van der Waals surface area contributed by atoms with Gasteiger partial charge in [0, 0.05) is 10.8 Å². The van der Waals surface area contributed by atoms with Crippen molar-refractivity contribution in [3.8, 4) is 11.5 Å². The van der Waals surface area contributed by atoms with Gasteiger partial charge in [-0.1, -0.05) is 63.0 Å². The van der Waals surface area contributed by atoms with E-state index in [9.17, 15) is 0 Å². The molecule has 0 aliphatic carbocycles. The van der Waals surface area contributed by atoms with Gasteiger partial charge in [0.2, 0.25) is 0 Å². The average Bonchev–Trinajstić information content (AvgIpc) is 2.23. The van der Waals surface area contributed by atoms with Gasteiger partial charge in [0.1, 0.15) is 8.07 Å². The van der Waals surface area contributed by atoms with E-state index in [1.165, 1.54) is 6.42 Å². The highest BCUT2D eigenvalue weighted by Gasteiger charge is 2.38. The Morgan fingerprint density at radius 3 is 2.05 bits per heavy atom. The summed E-state index contributed by atoms with van der Waals surface area (Å²) < 4.78 is 7.58. The molecule has 0 N–H and O–H groups in total. The van der Waals surface area contributed by atoms with Crippen molar-refractivity contribution >= 4 is 39.0 Å². The Kier molecular flexibility index (Phi) is 8.64. The lowest BCUT2D eigenvalue weighted by atomic mass is 10.2. The minimum Gasteiger partial charge on any atom is -0.413 e. The largest absolute Gasteiger partial charge is 0.413 e. The van der Waals surface area contributed by atoms with Crippen LogP contribution in [0.1, 0.15) is 40.0 Å². The molecule has 118 valence electrons. The summed E-state index contributed by atoms with van der Waals surface area (Å²) in [6.07, 6.45) is 3.75. The summed E-state index contributed by atoms with van der Waals surface area (Å²) in [5, 5.41) is 0.300. The van der Waals surface area contributed by atoms with Crippen molar-refractivity contribution in [2.45, 2.75) is 83.9 Å². The van der Waals surface area contributed by atoms with Crippen molar-refractivity contribution in [3.63, 3.8) is 0 Å². The van der Waals surface area contributed by atoms with Crippen LogP contribution in [0.25, 0.3) is 0 Å². The second-order valence-corrected chi connectivity index (χ2v) is 18.5. The lowest BCUT2D eigenvalue weighted by Crippen LogP contribution is -2.44. The highest BCUT2D eigenvalue weighted by molar-refractivity contribution is 14.1. The highest BCUT2D eigenvalue weighted by Crippen LogP contribution is 2.37. The molecule has 4 heteroatoms. The fourth-order valence-corrected chi connectivity index (χ4v) is 4.51. The standard InChI is InChI=1S/C16H33IOSi2/c1-16(2,3)20(7,8)18-15(14-17)12-10-9-11-13-19(4,5)6/h15H,9-10,12,14H2,1-8H3. The van der Waals surface area contributed by atoms with Gasteiger partial charge in [-0.15, -0.1) is 11.5 Å². The lowest BCUT2D eigenvalue weighted by Gasteiger charge is -2.39. The van der Waals surface area contributed by atoms with E-state index >= 15 is 0 Å². The number of hydrogen-bond acceptors (Lipinski definition) is 1. The Balaban J connectivity index is 4.27. The molecule has 20 heavy (non-hydrogen) atoms. The molecule has 0 aliphatic rings. The summed E-state index contributed by atoms with van der Waals surface area (Å²) in [7, 11) is -2.81. The summed E-state index contributed by atoms with van der Waals surface area (Å²) >= 11 is 2.46. The maximum Gasteiger partial charge on any atom is 0.192 e. The van der Waals surface area contributed by atoms with E-state index in [0.717, 1.165) is 17.3 Å². The maximum absolute atomic E-state index is 6.49. The molecule has 0 saturated heterocycles. The van der Waals surface area contributed by atoms with E-state index in [4.69, 9.17) is 4.43 Å². The molecule has 0 aromatic heterocycles. The molecular weight excluding hydrogens is 391 g/mol. The summed E-state index contributed by atoms with van der Waals surface area (Å²) in [5.41, 5.74) is 3.44. The fraction of sp³-hybridized carbons (Fsp3) is 0.875. The number of hydrogen-bond donors (Lipinski definition) is 0. The molecule has 1 unspecified atom stereocenters. The lowest BCUT2D eigenvalue weighted by molar-refractivity contribution is 0.194. The van der Waals surface area contributed by atoms with Crippen LogP contribution in [0.2, 0.25) is 37.8 Å². The predicted molar refractivity (Wildman–Crippen MR) is 106 cm³/mol. The molecule has 0 saturated carbocycles. The third kappa shape index (κ3) is 8.86. The van der Waals surface area contributed by atoms with E-state index in [2.05, 4.69) is 87.6 Å². The van der Waals surface area contributed by atoms with Crippen LogP contribution in [0.3, 0.4) is 0 Å². The Labute approximate surface area is 142 Å². The van der Waals surface area contributed by atoms with E-state index in [0.29, 0.717) is 11.1 Å². The molecule has 0 radical (unpaired) electrons. The first-order valence-corrected chi connectivity index (χ1v) is 15.6. The van der Waals surface area contributed by atoms with Crippen molar-refractivity contribution < 1.29 is 4.43 Å². The SMILES string of the molecule is CC(C)(C)[Si](C)(C)OC(CI)CCCC#C[Si](C)(C)C. The second-order valence-electron chi connectivity index (χ2n) is 8.10. The van der Waals surface area contributed by atoms with Gasteiger partial charge in [-0.2, -0.15) is 0 Å². The molecule has 0 aliphatic heterocycles.